The van der Waals surface area contributed by atoms with Crippen LogP contribution in [0, 0.1) is 11.3 Å². The third kappa shape index (κ3) is 4.11. The van der Waals surface area contributed by atoms with Gasteiger partial charge in [-0.1, -0.05) is 98.8 Å². The van der Waals surface area contributed by atoms with Gasteiger partial charge in [-0.3, -0.25) is 0 Å². The zero-order chi connectivity index (χ0) is 31.8. The number of benzene rings is 6. The van der Waals surface area contributed by atoms with Crippen molar-refractivity contribution in [2.75, 3.05) is 18.0 Å². The molecule has 0 amide bonds. The van der Waals surface area contributed by atoms with Gasteiger partial charge in [0, 0.05) is 46.3 Å². The first-order chi connectivity index (χ1) is 23.0. The van der Waals surface area contributed by atoms with Crippen molar-refractivity contribution >= 4 is 33.3 Å². The molecule has 2 heterocycles. The first kappa shape index (κ1) is 27.9. The molecule has 228 valence electrons. The number of nitriles is 1. The molecule has 0 bridgehead atoms. The highest BCUT2D eigenvalue weighted by Crippen LogP contribution is 2.58. The Bertz CT molecular complexity index is 2300. The van der Waals surface area contributed by atoms with Gasteiger partial charge in [-0.15, -0.1) is 0 Å². The van der Waals surface area contributed by atoms with Crippen LogP contribution in [0.4, 0.5) is 5.69 Å². The lowest BCUT2D eigenvalue weighted by Gasteiger charge is -2.39. The molecule has 0 spiro atoms. The molecule has 0 N–H and O–H groups in total. The van der Waals surface area contributed by atoms with E-state index in [9.17, 15) is 5.26 Å². The second-order valence-electron chi connectivity index (χ2n) is 13.9. The lowest BCUT2D eigenvalue weighted by atomic mass is 9.76. The minimum absolute atomic E-state index is 0.307. The summed E-state index contributed by atoms with van der Waals surface area (Å²) in [5, 5.41) is 14.5. The van der Waals surface area contributed by atoms with Crippen LogP contribution < -0.4 is 9.64 Å². The molecule has 47 heavy (non-hydrogen) atoms. The number of anilines is 1. The van der Waals surface area contributed by atoms with Crippen molar-refractivity contribution in [2.24, 2.45) is 0 Å². The van der Waals surface area contributed by atoms with Gasteiger partial charge in [-0.05, 0) is 94.1 Å². The molecule has 1 unspecified atom stereocenters. The lowest BCUT2D eigenvalue weighted by molar-refractivity contribution is 0.163. The lowest BCUT2D eigenvalue weighted by Crippen LogP contribution is -2.35. The highest BCUT2D eigenvalue weighted by Gasteiger charge is 2.44. The number of nitrogens with zero attached hydrogens (tertiary/aromatic N) is 2. The summed E-state index contributed by atoms with van der Waals surface area (Å²) in [6, 6.07) is 41.6. The standard InChI is InChI=1S/C44H36N2O/c1-43(2)39-26-29(28-45)14-21-37(39)40-35-12-6-7-13-36(35)42-38(41(40)43)22-23-44(47-42,33-16-15-30-10-4-5-11-31(30)27-33)32-17-19-34(20-18-32)46-24-8-3-9-25-46/h4-7,10-23,26-27H,3,8-9,24-25H2,1-2H3. The second kappa shape index (κ2) is 10.3. The van der Waals surface area contributed by atoms with Crippen LogP contribution >= 0.6 is 0 Å². The fourth-order valence-corrected chi connectivity index (χ4v) is 8.47. The Morgan fingerprint density at radius 2 is 1.45 bits per heavy atom. The molecule has 6 aromatic carbocycles. The van der Waals surface area contributed by atoms with E-state index < -0.39 is 5.60 Å². The van der Waals surface area contributed by atoms with Crippen LogP contribution in [-0.2, 0) is 11.0 Å². The van der Waals surface area contributed by atoms with Crippen LogP contribution in [0.2, 0.25) is 0 Å². The Morgan fingerprint density at radius 3 is 2.23 bits per heavy atom. The SMILES string of the molecule is CC1(C)c2cc(C#N)ccc2-c2c1c1c(c3ccccc23)OC(c2ccc(N3CCCCC3)cc2)(c2ccc3ccccc3c2)C=C1. The molecule has 1 aliphatic carbocycles. The highest BCUT2D eigenvalue weighted by atomic mass is 16.5. The molecule has 0 saturated carbocycles. The summed E-state index contributed by atoms with van der Waals surface area (Å²) < 4.78 is 7.55. The van der Waals surface area contributed by atoms with E-state index in [4.69, 9.17) is 4.74 Å². The Hall–Kier alpha value is -5.33. The fraction of sp³-hybridized carbons (Fsp3) is 0.205. The predicted octanol–water partition coefficient (Wildman–Crippen LogP) is 10.5. The normalized spacial score (nSPS) is 19.1. The average molecular weight is 609 g/mol. The quantitative estimate of drug-likeness (QED) is 0.201. The molecule has 6 aromatic rings. The van der Waals surface area contributed by atoms with Crippen LogP contribution in [0.5, 0.6) is 5.75 Å². The van der Waals surface area contributed by atoms with Gasteiger partial charge in [0.1, 0.15) is 5.75 Å². The van der Waals surface area contributed by atoms with Gasteiger partial charge in [0.15, 0.2) is 5.60 Å². The summed E-state index contributed by atoms with van der Waals surface area (Å²) in [6.07, 6.45) is 8.42. The summed E-state index contributed by atoms with van der Waals surface area (Å²) in [4.78, 5) is 2.51. The van der Waals surface area contributed by atoms with Crippen molar-refractivity contribution in [3.8, 4) is 22.9 Å². The van der Waals surface area contributed by atoms with Crippen molar-refractivity contribution in [1.82, 2.24) is 0 Å². The molecule has 2 aliphatic heterocycles. The van der Waals surface area contributed by atoms with E-state index >= 15 is 0 Å². The summed E-state index contributed by atoms with van der Waals surface area (Å²) >= 11 is 0. The third-order valence-electron chi connectivity index (χ3n) is 10.9. The van der Waals surface area contributed by atoms with Crippen molar-refractivity contribution in [2.45, 2.75) is 44.1 Å². The van der Waals surface area contributed by atoms with E-state index in [1.165, 1.54) is 63.4 Å². The zero-order valence-corrected chi connectivity index (χ0v) is 26.9. The second-order valence-corrected chi connectivity index (χ2v) is 13.9. The van der Waals surface area contributed by atoms with Crippen LogP contribution in [-0.4, -0.2) is 13.1 Å². The van der Waals surface area contributed by atoms with Gasteiger partial charge >= 0.3 is 0 Å². The molecule has 0 radical (unpaired) electrons. The summed E-state index contributed by atoms with van der Waals surface area (Å²) in [6.45, 7) is 6.80. The van der Waals surface area contributed by atoms with Crippen LogP contribution in [0.3, 0.4) is 0 Å². The molecular formula is C44H36N2O. The summed E-state index contributed by atoms with van der Waals surface area (Å²) in [7, 11) is 0. The number of piperidine rings is 1. The van der Waals surface area contributed by atoms with Crippen molar-refractivity contribution < 1.29 is 4.74 Å². The van der Waals surface area contributed by atoms with Gasteiger partial charge < -0.3 is 9.64 Å². The van der Waals surface area contributed by atoms with E-state index in [1.54, 1.807) is 0 Å². The van der Waals surface area contributed by atoms with E-state index in [-0.39, 0.29) is 5.41 Å². The molecule has 1 fully saturated rings. The van der Waals surface area contributed by atoms with Gasteiger partial charge in [0.05, 0.1) is 11.6 Å². The van der Waals surface area contributed by atoms with E-state index in [1.807, 2.05) is 6.07 Å². The Balaban J connectivity index is 1.28. The van der Waals surface area contributed by atoms with Gasteiger partial charge in [0.25, 0.3) is 0 Å². The average Bonchev–Trinajstić information content (AvgIpc) is 3.37. The molecule has 1 saturated heterocycles. The number of hydrogen-bond acceptors (Lipinski definition) is 3. The number of fused-ring (bicyclic) bond motifs is 9. The third-order valence-corrected chi connectivity index (χ3v) is 10.9. The Morgan fingerprint density at radius 1 is 0.723 bits per heavy atom. The minimum Gasteiger partial charge on any atom is -0.472 e. The van der Waals surface area contributed by atoms with Crippen LogP contribution in [0.1, 0.15) is 66.5 Å². The molecule has 0 aromatic heterocycles. The van der Waals surface area contributed by atoms with Crippen molar-refractivity contribution in [3.05, 3.63) is 149 Å². The molecule has 3 heteroatoms. The number of ether oxygens (including phenoxy) is 1. The molecular weight excluding hydrogens is 572 g/mol. The highest BCUT2D eigenvalue weighted by molar-refractivity contribution is 6.08. The fourth-order valence-electron chi connectivity index (χ4n) is 8.47. The predicted molar refractivity (Wildman–Crippen MR) is 193 cm³/mol. The maximum absolute atomic E-state index is 9.77. The van der Waals surface area contributed by atoms with Crippen molar-refractivity contribution in [1.29, 1.82) is 5.26 Å². The Labute approximate surface area is 276 Å². The smallest absolute Gasteiger partial charge is 0.178 e. The summed E-state index contributed by atoms with van der Waals surface area (Å²) in [5.41, 5.74) is 9.10. The maximum atomic E-state index is 9.77. The van der Waals surface area contributed by atoms with E-state index in [0.29, 0.717) is 5.56 Å². The number of rotatable bonds is 3. The number of hydrogen-bond donors (Lipinski definition) is 0. The summed E-state index contributed by atoms with van der Waals surface area (Å²) in [5.74, 6) is 0.913. The van der Waals surface area contributed by atoms with Gasteiger partial charge in [0.2, 0.25) is 0 Å². The van der Waals surface area contributed by atoms with Gasteiger partial charge in [-0.2, -0.15) is 5.26 Å². The maximum Gasteiger partial charge on any atom is 0.178 e. The first-order valence-electron chi connectivity index (χ1n) is 16.9. The molecule has 3 nitrogen and oxygen atoms in total. The van der Waals surface area contributed by atoms with E-state index in [2.05, 4.69) is 140 Å². The van der Waals surface area contributed by atoms with Crippen LogP contribution in [0.15, 0.2) is 115 Å². The Kier molecular flexibility index (Phi) is 6.15. The first-order valence-corrected chi connectivity index (χ1v) is 16.9. The van der Waals surface area contributed by atoms with Crippen LogP contribution in [0.25, 0.3) is 38.7 Å². The monoisotopic (exact) mass is 608 g/mol. The topological polar surface area (TPSA) is 36.3 Å². The molecule has 3 aliphatic rings. The zero-order valence-electron chi connectivity index (χ0n) is 26.9. The largest absolute Gasteiger partial charge is 0.472 e. The molecule has 9 rings (SSSR count). The van der Waals surface area contributed by atoms with E-state index in [0.717, 1.165) is 40.9 Å². The molecule has 1 atom stereocenters. The van der Waals surface area contributed by atoms with Crippen molar-refractivity contribution in [3.63, 3.8) is 0 Å². The minimum atomic E-state index is -0.821. The van der Waals surface area contributed by atoms with Gasteiger partial charge in [-0.25, -0.2) is 0 Å².